The molecular formula is C18H21N3O3. The van der Waals surface area contributed by atoms with Crippen LogP contribution in [0.2, 0.25) is 0 Å². The predicted octanol–water partition coefficient (Wildman–Crippen LogP) is 2.26. The Bertz CT molecular complexity index is 725. The maximum atomic E-state index is 9.78. The van der Waals surface area contributed by atoms with Crippen molar-refractivity contribution in [2.45, 2.75) is 0 Å². The fourth-order valence-electron chi connectivity index (χ4n) is 2.73. The first-order valence-corrected chi connectivity index (χ1v) is 7.86. The van der Waals surface area contributed by atoms with Crippen LogP contribution in [0.4, 0.5) is 5.69 Å². The molecule has 0 amide bonds. The third kappa shape index (κ3) is 3.53. The predicted molar refractivity (Wildman–Crippen MR) is 94.1 cm³/mol. The molecule has 1 aliphatic heterocycles. The van der Waals surface area contributed by atoms with Crippen molar-refractivity contribution in [3.63, 3.8) is 0 Å². The number of para-hydroxylation sites is 2. The summed E-state index contributed by atoms with van der Waals surface area (Å²) in [5.41, 5.74) is 1.68. The van der Waals surface area contributed by atoms with Gasteiger partial charge in [0.05, 0.1) is 32.1 Å². The lowest BCUT2D eigenvalue weighted by Crippen LogP contribution is -2.44. The minimum Gasteiger partial charge on any atom is -0.508 e. The largest absolute Gasteiger partial charge is 0.508 e. The summed E-state index contributed by atoms with van der Waals surface area (Å²) < 4.78 is 5.42. The third-order valence-electron chi connectivity index (χ3n) is 4.06. The second-order valence-corrected chi connectivity index (χ2v) is 5.60. The highest BCUT2D eigenvalue weighted by molar-refractivity contribution is 5.83. The molecular weight excluding hydrogens is 306 g/mol. The van der Waals surface area contributed by atoms with E-state index in [1.54, 1.807) is 19.4 Å². The number of anilines is 1. The van der Waals surface area contributed by atoms with Gasteiger partial charge < -0.3 is 19.8 Å². The molecule has 3 rings (SSSR count). The number of benzene rings is 2. The van der Waals surface area contributed by atoms with Crippen molar-refractivity contribution in [2.75, 3.05) is 38.2 Å². The Morgan fingerprint density at radius 3 is 2.50 bits per heavy atom. The van der Waals surface area contributed by atoms with Crippen molar-refractivity contribution in [3.05, 3.63) is 48.0 Å². The molecule has 0 spiro atoms. The van der Waals surface area contributed by atoms with Crippen molar-refractivity contribution in [1.29, 1.82) is 0 Å². The van der Waals surface area contributed by atoms with E-state index in [1.807, 2.05) is 23.2 Å². The van der Waals surface area contributed by atoms with E-state index in [-0.39, 0.29) is 11.5 Å². The van der Waals surface area contributed by atoms with E-state index in [0.29, 0.717) is 5.56 Å². The molecule has 1 heterocycles. The Kier molecular flexibility index (Phi) is 4.74. The molecule has 0 bridgehead atoms. The SMILES string of the molecule is COc1ccccc1N1CCN(/N=C/c2ccc(O)cc2O)CC1. The molecule has 0 radical (unpaired) electrons. The van der Waals surface area contributed by atoms with Crippen molar-refractivity contribution in [2.24, 2.45) is 5.10 Å². The summed E-state index contributed by atoms with van der Waals surface area (Å²) in [6.45, 7) is 3.26. The Balaban J connectivity index is 1.62. The van der Waals surface area contributed by atoms with Gasteiger partial charge in [-0.15, -0.1) is 0 Å². The number of aromatic hydroxyl groups is 2. The maximum Gasteiger partial charge on any atom is 0.142 e. The van der Waals surface area contributed by atoms with E-state index in [0.717, 1.165) is 37.6 Å². The Labute approximate surface area is 141 Å². The van der Waals surface area contributed by atoms with Gasteiger partial charge in [0, 0.05) is 24.7 Å². The summed E-state index contributed by atoms with van der Waals surface area (Å²) in [6.07, 6.45) is 1.62. The average molecular weight is 327 g/mol. The van der Waals surface area contributed by atoms with E-state index in [4.69, 9.17) is 4.74 Å². The molecule has 6 nitrogen and oxygen atoms in total. The van der Waals surface area contributed by atoms with E-state index >= 15 is 0 Å². The maximum absolute atomic E-state index is 9.78. The van der Waals surface area contributed by atoms with Crippen LogP contribution in [0.25, 0.3) is 0 Å². The minimum absolute atomic E-state index is 0.0198. The third-order valence-corrected chi connectivity index (χ3v) is 4.06. The van der Waals surface area contributed by atoms with Gasteiger partial charge in [-0.05, 0) is 24.3 Å². The fraction of sp³-hybridized carbons (Fsp3) is 0.278. The zero-order valence-corrected chi connectivity index (χ0v) is 13.6. The molecule has 1 fully saturated rings. The summed E-state index contributed by atoms with van der Waals surface area (Å²) in [5.74, 6) is 0.935. The summed E-state index contributed by atoms with van der Waals surface area (Å²) in [5, 5.41) is 25.5. The Morgan fingerprint density at radius 1 is 1.04 bits per heavy atom. The van der Waals surface area contributed by atoms with Crippen LogP contribution in [-0.4, -0.2) is 54.7 Å². The van der Waals surface area contributed by atoms with Crippen molar-refractivity contribution < 1.29 is 14.9 Å². The summed E-state index contributed by atoms with van der Waals surface area (Å²) in [6, 6.07) is 12.5. The Morgan fingerprint density at radius 2 is 1.79 bits per heavy atom. The summed E-state index contributed by atoms with van der Waals surface area (Å²) >= 11 is 0. The van der Waals surface area contributed by atoms with E-state index < -0.39 is 0 Å². The van der Waals surface area contributed by atoms with Crippen LogP contribution in [-0.2, 0) is 0 Å². The van der Waals surface area contributed by atoms with Gasteiger partial charge in [0.25, 0.3) is 0 Å². The van der Waals surface area contributed by atoms with Crippen LogP contribution in [0, 0.1) is 0 Å². The molecule has 0 aromatic heterocycles. The van der Waals surface area contributed by atoms with E-state index in [9.17, 15) is 10.2 Å². The summed E-state index contributed by atoms with van der Waals surface area (Å²) in [4.78, 5) is 2.28. The fourth-order valence-corrected chi connectivity index (χ4v) is 2.73. The standard InChI is InChI=1S/C18H21N3O3/c1-24-18-5-3-2-4-16(18)20-8-10-21(11-9-20)19-13-14-6-7-15(22)12-17(14)23/h2-7,12-13,22-23H,8-11H2,1H3/b19-13+. The highest BCUT2D eigenvalue weighted by Crippen LogP contribution is 2.28. The molecule has 6 heteroatoms. The highest BCUT2D eigenvalue weighted by atomic mass is 16.5. The normalized spacial score (nSPS) is 15.0. The van der Waals surface area contributed by atoms with Gasteiger partial charge in [0.15, 0.2) is 0 Å². The number of phenols is 2. The lowest BCUT2D eigenvalue weighted by molar-refractivity contribution is 0.271. The van der Waals surface area contributed by atoms with Crippen LogP contribution >= 0.6 is 0 Å². The number of phenolic OH excluding ortho intramolecular Hbond substituents is 2. The number of hydrazone groups is 1. The second kappa shape index (κ2) is 7.12. The van der Waals surface area contributed by atoms with Crippen LogP contribution in [0.5, 0.6) is 17.2 Å². The molecule has 1 saturated heterocycles. The average Bonchev–Trinajstić information content (AvgIpc) is 2.61. The van der Waals surface area contributed by atoms with Gasteiger partial charge in [-0.1, -0.05) is 12.1 Å². The molecule has 2 N–H and O–H groups in total. The molecule has 0 saturated carbocycles. The quantitative estimate of drug-likeness (QED) is 0.843. The molecule has 2 aromatic carbocycles. The monoisotopic (exact) mass is 327 g/mol. The van der Waals surface area contributed by atoms with Crippen molar-refractivity contribution in [3.8, 4) is 17.2 Å². The van der Waals surface area contributed by atoms with Crippen molar-refractivity contribution >= 4 is 11.9 Å². The van der Waals surface area contributed by atoms with Crippen molar-refractivity contribution in [1.82, 2.24) is 5.01 Å². The van der Waals surface area contributed by atoms with Crippen LogP contribution in [0.3, 0.4) is 0 Å². The lowest BCUT2D eigenvalue weighted by atomic mass is 10.2. The van der Waals surface area contributed by atoms with Gasteiger partial charge in [-0.2, -0.15) is 5.10 Å². The van der Waals surface area contributed by atoms with Crippen LogP contribution in [0.15, 0.2) is 47.6 Å². The number of nitrogens with zero attached hydrogens (tertiary/aromatic N) is 3. The Hall–Kier alpha value is -2.89. The zero-order chi connectivity index (χ0) is 16.9. The smallest absolute Gasteiger partial charge is 0.142 e. The molecule has 2 aromatic rings. The van der Waals surface area contributed by atoms with Gasteiger partial charge in [0.1, 0.15) is 17.2 Å². The summed E-state index contributed by atoms with van der Waals surface area (Å²) in [7, 11) is 1.68. The molecule has 1 aliphatic rings. The van der Waals surface area contributed by atoms with E-state index in [2.05, 4.69) is 16.1 Å². The topological polar surface area (TPSA) is 68.5 Å². The van der Waals surface area contributed by atoms with Gasteiger partial charge in [-0.25, -0.2) is 0 Å². The first-order chi connectivity index (χ1) is 11.7. The number of hydrogen-bond donors (Lipinski definition) is 2. The van der Waals surface area contributed by atoms with Gasteiger partial charge in [-0.3, -0.25) is 5.01 Å². The lowest BCUT2D eigenvalue weighted by Gasteiger charge is -2.35. The number of piperazine rings is 1. The van der Waals surface area contributed by atoms with Gasteiger partial charge >= 0.3 is 0 Å². The second-order valence-electron chi connectivity index (χ2n) is 5.60. The number of ether oxygens (including phenoxy) is 1. The molecule has 126 valence electrons. The van der Waals surface area contributed by atoms with Gasteiger partial charge in [0.2, 0.25) is 0 Å². The molecule has 0 atom stereocenters. The van der Waals surface area contributed by atoms with E-state index in [1.165, 1.54) is 12.1 Å². The highest BCUT2D eigenvalue weighted by Gasteiger charge is 2.18. The zero-order valence-electron chi connectivity index (χ0n) is 13.6. The first kappa shape index (κ1) is 16.0. The van der Waals surface area contributed by atoms with Crippen LogP contribution < -0.4 is 9.64 Å². The molecule has 24 heavy (non-hydrogen) atoms. The molecule has 0 unspecified atom stereocenters. The molecule has 0 aliphatic carbocycles. The van der Waals surface area contributed by atoms with Crippen LogP contribution in [0.1, 0.15) is 5.56 Å². The number of methoxy groups -OCH3 is 1. The minimum atomic E-state index is 0.0198. The number of hydrogen-bond acceptors (Lipinski definition) is 6. The number of rotatable bonds is 4. The first-order valence-electron chi connectivity index (χ1n) is 7.86.